The molecule has 102 valence electrons. The molecule has 0 radical (unpaired) electrons. The summed E-state index contributed by atoms with van der Waals surface area (Å²) < 4.78 is 0. The average molecular weight is 274 g/mol. The zero-order valence-corrected chi connectivity index (χ0v) is 11.9. The first-order chi connectivity index (χ1) is 10.2. The highest BCUT2D eigenvalue weighted by atomic mass is 14.9. The number of aryl methyl sites for hydroxylation is 2. The Morgan fingerprint density at radius 1 is 0.857 bits per heavy atom. The van der Waals surface area contributed by atoms with E-state index >= 15 is 0 Å². The van der Waals surface area contributed by atoms with Gasteiger partial charge >= 0.3 is 0 Å². The van der Waals surface area contributed by atoms with Crippen molar-refractivity contribution in [2.75, 3.05) is 0 Å². The molecule has 4 rings (SSSR count). The predicted molar refractivity (Wildman–Crippen MR) is 84.1 cm³/mol. The van der Waals surface area contributed by atoms with Gasteiger partial charge in [-0.3, -0.25) is 9.97 Å². The Morgan fingerprint density at radius 2 is 1.67 bits per heavy atom. The summed E-state index contributed by atoms with van der Waals surface area (Å²) in [6.45, 7) is 4.01. The third-order valence-corrected chi connectivity index (χ3v) is 3.82. The van der Waals surface area contributed by atoms with Crippen LogP contribution in [0.15, 0.2) is 42.9 Å². The van der Waals surface area contributed by atoms with E-state index in [0.29, 0.717) is 0 Å². The van der Waals surface area contributed by atoms with E-state index in [0.717, 1.165) is 44.5 Å². The summed E-state index contributed by atoms with van der Waals surface area (Å²) in [5, 5.41) is 3.35. The molecule has 4 nitrogen and oxygen atoms in total. The van der Waals surface area contributed by atoms with Gasteiger partial charge < -0.3 is 4.98 Å². The van der Waals surface area contributed by atoms with Crippen LogP contribution in [0.3, 0.4) is 0 Å². The normalized spacial score (nSPS) is 11.3. The molecule has 0 amide bonds. The van der Waals surface area contributed by atoms with Crippen molar-refractivity contribution in [2.24, 2.45) is 0 Å². The first-order valence-electron chi connectivity index (χ1n) is 6.89. The number of nitrogens with one attached hydrogen (secondary N) is 1. The highest BCUT2D eigenvalue weighted by Gasteiger charge is 2.12. The monoisotopic (exact) mass is 274 g/mol. The molecule has 4 aromatic heterocycles. The van der Waals surface area contributed by atoms with Crippen LogP contribution in [0.1, 0.15) is 11.4 Å². The Morgan fingerprint density at radius 3 is 2.57 bits per heavy atom. The van der Waals surface area contributed by atoms with E-state index in [4.69, 9.17) is 0 Å². The van der Waals surface area contributed by atoms with Gasteiger partial charge in [-0.15, -0.1) is 0 Å². The maximum absolute atomic E-state index is 4.59. The predicted octanol–water partition coefficient (Wildman–Crippen LogP) is 3.79. The highest BCUT2D eigenvalue weighted by molar-refractivity contribution is 6.02. The lowest BCUT2D eigenvalue weighted by Gasteiger charge is -2.06. The number of rotatable bonds is 1. The van der Waals surface area contributed by atoms with E-state index in [-0.39, 0.29) is 0 Å². The molecule has 0 fully saturated rings. The molecule has 0 unspecified atom stereocenters. The van der Waals surface area contributed by atoms with Crippen LogP contribution in [-0.2, 0) is 0 Å². The molecule has 0 atom stereocenters. The fraction of sp³-hybridized carbons (Fsp3) is 0.118. The molecule has 0 aliphatic carbocycles. The van der Waals surface area contributed by atoms with Crippen LogP contribution >= 0.6 is 0 Å². The molecule has 21 heavy (non-hydrogen) atoms. The van der Waals surface area contributed by atoms with Crippen molar-refractivity contribution in [1.82, 2.24) is 19.9 Å². The number of fused-ring (bicyclic) bond motifs is 2. The van der Waals surface area contributed by atoms with Gasteiger partial charge in [0.25, 0.3) is 0 Å². The first kappa shape index (κ1) is 12.0. The van der Waals surface area contributed by atoms with Gasteiger partial charge in [-0.1, -0.05) is 0 Å². The first-order valence-corrected chi connectivity index (χ1v) is 6.89. The smallest absolute Gasteiger partial charge is 0.138 e. The summed E-state index contributed by atoms with van der Waals surface area (Å²) in [6.07, 6.45) is 5.65. The van der Waals surface area contributed by atoms with E-state index in [1.807, 2.05) is 50.6 Å². The lowest BCUT2D eigenvalue weighted by atomic mass is 10.0. The summed E-state index contributed by atoms with van der Waals surface area (Å²) in [6, 6.07) is 8.15. The van der Waals surface area contributed by atoms with E-state index in [9.17, 15) is 0 Å². The maximum atomic E-state index is 4.59. The zero-order valence-electron chi connectivity index (χ0n) is 11.9. The summed E-state index contributed by atoms with van der Waals surface area (Å²) in [5.74, 6) is 0. The molecule has 0 aliphatic heterocycles. The maximum Gasteiger partial charge on any atom is 0.138 e. The van der Waals surface area contributed by atoms with Gasteiger partial charge in [0.05, 0.1) is 5.69 Å². The van der Waals surface area contributed by atoms with Crippen LogP contribution in [0.4, 0.5) is 0 Å². The van der Waals surface area contributed by atoms with Crippen molar-refractivity contribution in [3.63, 3.8) is 0 Å². The molecule has 0 spiro atoms. The largest absolute Gasteiger partial charge is 0.345 e. The second kappa shape index (κ2) is 4.38. The molecule has 0 saturated heterocycles. The van der Waals surface area contributed by atoms with Crippen molar-refractivity contribution >= 4 is 21.8 Å². The Hall–Kier alpha value is -2.75. The van der Waals surface area contributed by atoms with E-state index in [2.05, 4.69) is 26.0 Å². The van der Waals surface area contributed by atoms with Crippen molar-refractivity contribution in [3.8, 4) is 11.3 Å². The fourth-order valence-electron chi connectivity index (χ4n) is 2.76. The molecule has 4 aromatic rings. The van der Waals surface area contributed by atoms with Gasteiger partial charge in [0.1, 0.15) is 5.65 Å². The molecular weight excluding hydrogens is 260 g/mol. The fourth-order valence-corrected chi connectivity index (χ4v) is 2.76. The number of aromatic amines is 1. The Bertz CT molecular complexity index is 969. The number of hydrogen-bond donors (Lipinski definition) is 1. The van der Waals surface area contributed by atoms with Gasteiger partial charge in [0, 0.05) is 51.7 Å². The summed E-state index contributed by atoms with van der Waals surface area (Å²) in [7, 11) is 0. The Balaban J connectivity index is 2.07. The van der Waals surface area contributed by atoms with E-state index < -0.39 is 0 Å². The van der Waals surface area contributed by atoms with Crippen LogP contribution in [0.2, 0.25) is 0 Å². The van der Waals surface area contributed by atoms with Crippen LogP contribution in [-0.4, -0.2) is 19.9 Å². The minimum Gasteiger partial charge on any atom is -0.345 e. The minimum absolute atomic E-state index is 0.898. The quantitative estimate of drug-likeness (QED) is 0.574. The average Bonchev–Trinajstić information content (AvgIpc) is 2.90. The van der Waals surface area contributed by atoms with Crippen LogP contribution in [0.5, 0.6) is 0 Å². The second-order valence-electron chi connectivity index (χ2n) is 5.20. The zero-order chi connectivity index (χ0) is 14.4. The lowest BCUT2D eigenvalue weighted by molar-refractivity contribution is 1.22. The molecule has 0 aromatic carbocycles. The molecular formula is C17H14N4. The topological polar surface area (TPSA) is 54.5 Å². The number of pyridine rings is 3. The minimum atomic E-state index is 0.898. The van der Waals surface area contributed by atoms with Crippen molar-refractivity contribution < 1.29 is 0 Å². The van der Waals surface area contributed by atoms with Crippen LogP contribution in [0.25, 0.3) is 33.1 Å². The third-order valence-electron chi connectivity index (χ3n) is 3.82. The number of nitrogens with zero attached hydrogens (tertiary/aromatic N) is 3. The van der Waals surface area contributed by atoms with Gasteiger partial charge in [-0.2, -0.15) is 0 Å². The highest BCUT2D eigenvalue weighted by Crippen LogP contribution is 2.32. The summed E-state index contributed by atoms with van der Waals surface area (Å²) in [5.41, 5.74) is 4.96. The molecule has 4 heterocycles. The van der Waals surface area contributed by atoms with Crippen LogP contribution in [0, 0.1) is 13.8 Å². The SMILES string of the molecule is Cc1ccc2c(-c3nccc4c(C)nccc34)c[nH]c2n1. The molecule has 0 saturated carbocycles. The Kier molecular flexibility index (Phi) is 2.51. The lowest BCUT2D eigenvalue weighted by Crippen LogP contribution is -1.89. The molecule has 4 heteroatoms. The number of H-pyrrole nitrogens is 1. The molecule has 0 aliphatic rings. The van der Waals surface area contributed by atoms with Crippen LogP contribution < -0.4 is 0 Å². The number of aromatic nitrogens is 4. The van der Waals surface area contributed by atoms with Gasteiger partial charge in [-0.05, 0) is 38.1 Å². The van der Waals surface area contributed by atoms with Crippen molar-refractivity contribution in [2.45, 2.75) is 13.8 Å². The number of hydrogen-bond acceptors (Lipinski definition) is 3. The summed E-state index contributed by atoms with van der Waals surface area (Å²) in [4.78, 5) is 16.7. The Labute approximate surface area is 121 Å². The van der Waals surface area contributed by atoms with Gasteiger partial charge in [0.2, 0.25) is 0 Å². The second-order valence-corrected chi connectivity index (χ2v) is 5.20. The molecule has 1 N–H and O–H groups in total. The van der Waals surface area contributed by atoms with E-state index in [1.165, 1.54) is 0 Å². The van der Waals surface area contributed by atoms with Gasteiger partial charge in [-0.25, -0.2) is 4.98 Å². The van der Waals surface area contributed by atoms with E-state index in [1.54, 1.807) is 0 Å². The van der Waals surface area contributed by atoms with Crippen molar-refractivity contribution in [3.05, 3.63) is 54.2 Å². The molecule has 0 bridgehead atoms. The van der Waals surface area contributed by atoms with Gasteiger partial charge in [0.15, 0.2) is 0 Å². The standard InChI is InChI=1S/C17H14N4/c1-10-3-4-14-15(9-20-17(14)21-10)16-13-6-7-18-11(2)12(13)5-8-19-16/h3-9H,1-2H3,(H,20,21). The third kappa shape index (κ3) is 1.80. The van der Waals surface area contributed by atoms with Crippen molar-refractivity contribution in [1.29, 1.82) is 0 Å². The summed E-state index contributed by atoms with van der Waals surface area (Å²) >= 11 is 0.